The maximum Gasteiger partial charge on any atom is 0.0933 e. The van der Waals surface area contributed by atoms with E-state index >= 15 is 0 Å². The van der Waals surface area contributed by atoms with Gasteiger partial charge in [0.05, 0.1) is 12.6 Å². The van der Waals surface area contributed by atoms with Crippen LogP contribution in [0.4, 0.5) is 0 Å². The predicted molar refractivity (Wildman–Crippen MR) is 83.4 cm³/mol. The fourth-order valence-electron chi connectivity index (χ4n) is 2.93. The molecule has 0 amide bonds. The summed E-state index contributed by atoms with van der Waals surface area (Å²) in [5.41, 5.74) is 4.53. The summed E-state index contributed by atoms with van der Waals surface area (Å²) in [5.74, 6) is 0.712. The van der Waals surface area contributed by atoms with Gasteiger partial charge in [-0.15, -0.1) is 11.3 Å². The lowest BCUT2D eigenvalue weighted by molar-refractivity contribution is -0.0100. The molecule has 1 atom stereocenters. The van der Waals surface area contributed by atoms with Crippen molar-refractivity contribution in [1.29, 1.82) is 0 Å². The van der Waals surface area contributed by atoms with E-state index in [1.165, 1.54) is 36.1 Å². The van der Waals surface area contributed by atoms with Crippen molar-refractivity contribution >= 4 is 11.3 Å². The third-order valence-electron chi connectivity index (χ3n) is 4.01. The monoisotopic (exact) mass is 287 g/mol. The van der Waals surface area contributed by atoms with Gasteiger partial charge in [-0.1, -0.05) is 49.2 Å². The molecule has 0 spiro atoms. The quantitative estimate of drug-likeness (QED) is 0.777. The second-order valence-electron chi connectivity index (χ2n) is 5.43. The Morgan fingerprint density at radius 2 is 1.90 bits per heavy atom. The van der Waals surface area contributed by atoms with Crippen molar-refractivity contribution in [2.45, 2.75) is 38.3 Å². The van der Waals surface area contributed by atoms with Crippen LogP contribution in [0.1, 0.15) is 42.2 Å². The zero-order chi connectivity index (χ0) is 13.6. The summed E-state index contributed by atoms with van der Waals surface area (Å²) in [6.45, 7) is 0.620. The molecule has 1 aliphatic rings. The lowest BCUT2D eigenvalue weighted by atomic mass is 9.97. The normalized spacial score (nSPS) is 17.4. The van der Waals surface area contributed by atoms with E-state index in [0.717, 1.165) is 0 Å². The lowest BCUT2D eigenvalue weighted by Crippen LogP contribution is -2.26. The van der Waals surface area contributed by atoms with Crippen molar-refractivity contribution < 1.29 is 4.84 Å². The first-order valence-corrected chi connectivity index (χ1v) is 8.26. The SMILES string of the molecule is c1ccc(CONC(c2cccs2)C2CCCC2)cc1. The first-order chi connectivity index (χ1) is 9.93. The molecule has 0 bridgehead atoms. The fourth-order valence-corrected chi connectivity index (χ4v) is 3.79. The van der Waals surface area contributed by atoms with E-state index in [1.54, 1.807) is 0 Å². The number of nitrogens with one attached hydrogen (secondary N) is 1. The summed E-state index contributed by atoms with van der Waals surface area (Å²) in [6.07, 6.45) is 5.33. The molecule has 0 aliphatic heterocycles. The van der Waals surface area contributed by atoms with E-state index in [0.29, 0.717) is 18.6 Å². The molecule has 1 aliphatic carbocycles. The van der Waals surface area contributed by atoms with Gasteiger partial charge in [0.1, 0.15) is 0 Å². The number of hydrogen-bond acceptors (Lipinski definition) is 3. The molecule has 20 heavy (non-hydrogen) atoms. The van der Waals surface area contributed by atoms with E-state index in [1.807, 2.05) is 29.5 Å². The average molecular weight is 287 g/mol. The van der Waals surface area contributed by atoms with E-state index in [4.69, 9.17) is 4.84 Å². The van der Waals surface area contributed by atoms with Crippen LogP contribution in [0.3, 0.4) is 0 Å². The van der Waals surface area contributed by atoms with Gasteiger partial charge >= 0.3 is 0 Å². The van der Waals surface area contributed by atoms with Gasteiger partial charge in [-0.25, -0.2) is 0 Å². The van der Waals surface area contributed by atoms with Crippen LogP contribution in [0.2, 0.25) is 0 Å². The summed E-state index contributed by atoms with van der Waals surface area (Å²) in [6, 6.07) is 15.0. The highest BCUT2D eigenvalue weighted by Crippen LogP contribution is 2.37. The van der Waals surface area contributed by atoms with Crippen molar-refractivity contribution in [2.75, 3.05) is 0 Å². The van der Waals surface area contributed by atoms with Crippen LogP contribution in [0, 0.1) is 5.92 Å². The second kappa shape index (κ2) is 7.02. The van der Waals surface area contributed by atoms with Crippen LogP contribution < -0.4 is 5.48 Å². The Kier molecular flexibility index (Phi) is 4.85. The summed E-state index contributed by atoms with van der Waals surface area (Å²) in [5, 5.41) is 2.15. The van der Waals surface area contributed by atoms with Gasteiger partial charge in [0.15, 0.2) is 0 Å². The molecule has 1 aromatic carbocycles. The molecule has 1 fully saturated rings. The average Bonchev–Trinajstić information content (AvgIpc) is 3.18. The first kappa shape index (κ1) is 13.8. The number of benzene rings is 1. The van der Waals surface area contributed by atoms with Gasteiger partial charge in [0, 0.05) is 4.88 Å². The Morgan fingerprint density at radius 1 is 1.10 bits per heavy atom. The van der Waals surface area contributed by atoms with Crippen molar-refractivity contribution in [3.63, 3.8) is 0 Å². The Hall–Kier alpha value is -1.16. The molecule has 1 saturated carbocycles. The van der Waals surface area contributed by atoms with Crippen LogP contribution in [-0.4, -0.2) is 0 Å². The molecule has 0 saturated heterocycles. The summed E-state index contributed by atoms with van der Waals surface area (Å²) < 4.78 is 0. The molecular formula is C17H21NOS. The van der Waals surface area contributed by atoms with Gasteiger partial charge in [0.25, 0.3) is 0 Å². The molecule has 2 nitrogen and oxygen atoms in total. The first-order valence-electron chi connectivity index (χ1n) is 7.38. The molecule has 3 heteroatoms. The molecule has 3 rings (SSSR count). The molecule has 1 N–H and O–H groups in total. The van der Waals surface area contributed by atoms with E-state index in [2.05, 4.69) is 35.1 Å². The van der Waals surface area contributed by atoms with Gasteiger partial charge in [-0.05, 0) is 35.8 Å². The molecule has 106 valence electrons. The topological polar surface area (TPSA) is 21.3 Å². The Balaban J connectivity index is 1.59. The molecule has 2 aromatic rings. The minimum atomic E-state index is 0.348. The number of rotatable bonds is 6. The highest BCUT2D eigenvalue weighted by Gasteiger charge is 2.27. The number of hydroxylamine groups is 1. The second-order valence-corrected chi connectivity index (χ2v) is 6.41. The van der Waals surface area contributed by atoms with E-state index in [-0.39, 0.29) is 0 Å². The highest BCUT2D eigenvalue weighted by molar-refractivity contribution is 7.10. The fraction of sp³-hybridized carbons (Fsp3) is 0.412. The van der Waals surface area contributed by atoms with Crippen molar-refractivity contribution in [3.8, 4) is 0 Å². The Morgan fingerprint density at radius 3 is 2.60 bits per heavy atom. The Bertz CT molecular complexity index is 491. The van der Waals surface area contributed by atoms with Crippen LogP contribution in [0.15, 0.2) is 47.8 Å². The standard InChI is InChI=1S/C17H21NOS/c1-2-7-14(8-3-1)13-19-18-17(15-9-4-5-10-15)16-11-6-12-20-16/h1-3,6-8,11-12,15,17-18H,4-5,9-10,13H2. The number of thiophene rings is 1. The van der Waals surface area contributed by atoms with Crippen LogP contribution in [-0.2, 0) is 11.4 Å². The molecule has 0 radical (unpaired) electrons. The zero-order valence-electron chi connectivity index (χ0n) is 11.6. The maximum atomic E-state index is 5.77. The van der Waals surface area contributed by atoms with Crippen molar-refractivity contribution in [1.82, 2.24) is 5.48 Å². The summed E-state index contributed by atoms with van der Waals surface area (Å²) in [4.78, 5) is 7.17. The third kappa shape index (κ3) is 3.48. The van der Waals surface area contributed by atoms with Crippen molar-refractivity contribution in [2.24, 2.45) is 5.92 Å². The van der Waals surface area contributed by atoms with Crippen LogP contribution >= 0.6 is 11.3 Å². The van der Waals surface area contributed by atoms with Crippen LogP contribution in [0.25, 0.3) is 0 Å². The Labute approximate surface area is 124 Å². The van der Waals surface area contributed by atoms with Gasteiger partial charge in [-0.2, -0.15) is 5.48 Å². The maximum absolute atomic E-state index is 5.77. The summed E-state index contributed by atoms with van der Waals surface area (Å²) in [7, 11) is 0. The molecule has 1 unspecified atom stereocenters. The van der Waals surface area contributed by atoms with Gasteiger partial charge in [-0.3, -0.25) is 4.84 Å². The van der Waals surface area contributed by atoms with Gasteiger partial charge < -0.3 is 0 Å². The number of hydrogen-bond donors (Lipinski definition) is 1. The smallest absolute Gasteiger partial charge is 0.0933 e. The molecule has 1 heterocycles. The van der Waals surface area contributed by atoms with E-state index in [9.17, 15) is 0 Å². The van der Waals surface area contributed by atoms with E-state index < -0.39 is 0 Å². The minimum Gasteiger partial charge on any atom is -0.296 e. The summed E-state index contributed by atoms with van der Waals surface area (Å²) >= 11 is 1.82. The lowest BCUT2D eigenvalue weighted by Gasteiger charge is -2.23. The molecular weight excluding hydrogens is 266 g/mol. The molecule has 1 aromatic heterocycles. The van der Waals surface area contributed by atoms with Gasteiger partial charge in [0.2, 0.25) is 0 Å². The zero-order valence-corrected chi connectivity index (χ0v) is 12.4. The van der Waals surface area contributed by atoms with Crippen LogP contribution in [0.5, 0.6) is 0 Å². The highest BCUT2D eigenvalue weighted by atomic mass is 32.1. The van der Waals surface area contributed by atoms with Crippen molar-refractivity contribution in [3.05, 3.63) is 58.3 Å². The third-order valence-corrected chi connectivity index (χ3v) is 4.97. The largest absolute Gasteiger partial charge is 0.296 e. The minimum absolute atomic E-state index is 0.348. The predicted octanol–water partition coefficient (Wildman–Crippen LogP) is 4.70.